The Balaban J connectivity index is 1.76. The Labute approximate surface area is 114 Å². The summed E-state index contributed by atoms with van der Waals surface area (Å²) >= 11 is 0. The number of carbonyl (C=O) groups excluding carboxylic acids is 1. The smallest absolute Gasteiger partial charge is 0.257 e. The first kappa shape index (κ1) is 13.9. The summed E-state index contributed by atoms with van der Waals surface area (Å²) in [5.41, 5.74) is 2.36. The second-order valence-electron chi connectivity index (χ2n) is 5.69. The van der Waals surface area contributed by atoms with Gasteiger partial charge in [-0.25, -0.2) is 0 Å². The van der Waals surface area contributed by atoms with Crippen molar-refractivity contribution in [3.05, 3.63) is 29.3 Å². The lowest BCUT2D eigenvalue weighted by Crippen LogP contribution is -2.49. The van der Waals surface area contributed by atoms with Gasteiger partial charge in [-0.05, 0) is 37.1 Å². The minimum Gasteiger partial charge on any atom is -0.484 e. The maximum atomic E-state index is 11.7. The van der Waals surface area contributed by atoms with Gasteiger partial charge in [-0.3, -0.25) is 4.79 Å². The fourth-order valence-electron chi connectivity index (χ4n) is 2.08. The van der Waals surface area contributed by atoms with Crippen molar-refractivity contribution in [3.8, 4) is 5.75 Å². The van der Waals surface area contributed by atoms with E-state index in [0.29, 0.717) is 19.8 Å². The maximum Gasteiger partial charge on any atom is 0.257 e. The van der Waals surface area contributed by atoms with Gasteiger partial charge in [0.2, 0.25) is 0 Å². The van der Waals surface area contributed by atoms with Crippen LogP contribution in [0.25, 0.3) is 0 Å². The molecule has 0 atom stereocenters. The number of hydrogen-bond acceptors (Lipinski definition) is 3. The van der Waals surface area contributed by atoms with Gasteiger partial charge in [-0.2, -0.15) is 0 Å². The second kappa shape index (κ2) is 5.61. The van der Waals surface area contributed by atoms with E-state index in [-0.39, 0.29) is 17.9 Å². The molecule has 1 aliphatic heterocycles. The van der Waals surface area contributed by atoms with Crippen LogP contribution in [0.15, 0.2) is 18.2 Å². The van der Waals surface area contributed by atoms with Gasteiger partial charge in [0.1, 0.15) is 5.75 Å². The Morgan fingerprint density at radius 2 is 1.95 bits per heavy atom. The molecular formula is C15H21NO3. The largest absolute Gasteiger partial charge is 0.484 e. The van der Waals surface area contributed by atoms with Crippen LogP contribution in [-0.4, -0.2) is 32.3 Å². The molecule has 1 fully saturated rings. The summed E-state index contributed by atoms with van der Waals surface area (Å²) in [5.74, 6) is 0.651. The van der Waals surface area contributed by atoms with Crippen molar-refractivity contribution in [1.82, 2.24) is 5.32 Å². The Kier molecular flexibility index (Phi) is 4.10. The molecule has 0 aliphatic carbocycles. The van der Waals surface area contributed by atoms with Gasteiger partial charge in [-0.1, -0.05) is 13.0 Å². The molecule has 4 heteroatoms. The van der Waals surface area contributed by atoms with E-state index >= 15 is 0 Å². The van der Waals surface area contributed by atoms with Crippen LogP contribution in [0.2, 0.25) is 0 Å². The summed E-state index contributed by atoms with van der Waals surface area (Å²) < 4.78 is 10.6. The summed E-state index contributed by atoms with van der Waals surface area (Å²) in [7, 11) is 0. The fraction of sp³-hybridized carbons (Fsp3) is 0.533. The van der Waals surface area contributed by atoms with Gasteiger partial charge in [-0.15, -0.1) is 0 Å². The first-order valence-corrected chi connectivity index (χ1v) is 6.52. The van der Waals surface area contributed by atoms with Crippen LogP contribution in [-0.2, 0) is 9.53 Å². The number of benzene rings is 1. The predicted octanol–water partition coefficient (Wildman–Crippen LogP) is 1.83. The van der Waals surface area contributed by atoms with E-state index in [9.17, 15) is 4.79 Å². The van der Waals surface area contributed by atoms with E-state index in [1.807, 2.05) is 26.0 Å². The number of rotatable bonds is 5. The molecule has 0 spiro atoms. The third-order valence-corrected chi connectivity index (χ3v) is 3.18. The Bertz CT molecular complexity index is 446. The lowest BCUT2D eigenvalue weighted by atomic mass is 9.89. The molecule has 0 unspecified atom stereocenters. The summed E-state index contributed by atoms with van der Waals surface area (Å²) in [4.78, 5) is 11.7. The number of hydrogen-bond donors (Lipinski definition) is 1. The van der Waals surface area contributed by atoms with Crippen molar-refractivity contribution >= 4 is 5.91 Å². The normalized spacial score (nSPS) is 16.6. The van der Waals surface area contributed by atoms with E-state index in [0.717, 1.165) is 16.9 Å². The van der Waals surface area contributed by atoms with Crippen LogP contribution in [0.3, 0.4) is 0 Å². The molecule has 1 saturated heterocycles. The van der Waals surface area contributed by atoms with Crippen LogP contribution < -0.4 is 10.1 Å². The molecule has 1 aromatic carbocycles. The molecule has 0 aromatic heterocycles. The van der Waals surface area contributed by atoms with E-state index in [2.05, 4.69) is 18.3 Å². The van der Waals surface area contributed by atoms with E-state index in [4.69, 9.17) is 9.47 Å². The molecule has 2 rings (SSSR count). The average molecular weight is 263 g/mol. The average Bonchev–Trinajstić information content (AvgIpc) is 2.30. The van der Waals surface area contributed by atoms with Crippen molar-refractivity contribution < 1.29 is 14.3 Å². The van der Waals surface area contributed by atoms with E-state index in [1.54, 1.807) is 0 Å². The highest BCUT2D eigenvalue weighted by molar-refractivity contribution is 5.77. The molecule has 0 bridgehead atoms. The standard InChI is InChI=1S/C15H21NO3/c1-11-4-12(2)6-13(5-11)19-7-14(17)16-8-15(3)9-18-10-15/h4-6H,7-10H2,1-3H3,(H,16,17). The monoisotopic (exact) mass is 263 g/mol. The number of ether oxygens (including phenoxy) is 2. The van der Waals surface area contributed by atoms with Gasteiger partial charge >= 0.3 is 0 Å². The molecule has 1 N–H and O–H groups in total. The van der Waals surface area contributed by atoms with Gasteiger partial charge in [0, 0.05) is 12.0 Å². The topological polar surface area (TPSA) is 47.6 Å². The summed E-state index contributed by atoms with van der Waals surface area (Å²) in [5, 5.41) is 2.88. The Morgan fingerprint density at radius 1 is 1.32 bits per heavy atom. The highest BCUT2D eigenvalue weighted by atomic mass is 16.5. The highest BCUT2D eigenvalue weighted by Crippen LogP contribution is 2.25. The zero-order valence-corrected chi connectivity index (χ0v) is 11.8. The lowest BCUT2D eigenvalue weighted by Gasteiger charge is -2.37. The molecule has 1 heterocycles. The van der Waals surface area contributed by atoms with Crippen LogP contribution in [0.4, 0.5) is 0 Å². The Hall–Kier alpha value is -1.55. The van der Waals surface area contributed by atoms with Gasteiger partial charge in [0.15, 0.2) is 6.61 Å². The lowest BCUT2D eigenvalue weighted by molar-refractivity contribution is -0.128. The number of amides is 1. The molecule has 104 valence electrons. The first-order chi connectivity index (χ1) is 8.97. The predicted molar refractivity (Wildman–Crippen MR) is 73.3 cm³/mol. The van der Waals surface area contributed by atoms with Crippen molar-refractivity contribution in [2.75, 3.05) is 26.4 Å². The minimum absolute atomic E-state index is 0.0554. The molecule has 0 radical (unpaired) electrons. The SMILES string of the molecule is Cc1cc(C)cc(OCC(=O)NCC2(C)COC2)c1. The molecule has 0 saturated carbocycles. The summed E-state index contributed by atoms with van der Waals surface area (Å²) in [6.07, 6.45) is 0. The molecule has 4 nitrogen and oxygen atoms in total. The second-order valence-corrected chi connectivity index (χ2v) is 5.69. The van der Waals surface area contributed by atoms with Crippen molar-refractivity contribution in [1.29, 1.82) is 0 Å². The molecule has 1 amide bonds. The van der Waals surface area contributed by atoms with Crippen LogP contribution in [0, 0.1) is 19.3 Å². The molecule has 1 aromatic rings. The molecule has 1 aliphatic rings. The third-order valence-electron chi connectivity index (χ3n) is 3.18. The third kappa shape index (κ3) is 3.96. The molecular weight excluding hydrogens is 242 g/mol. The number of aryl methyl sites for hydroxylation is 2. The quantitative estimate of drug-likeness (QED) is 0.881. The minimum atomic E-state index is -0.0905. The summed E-state index contributed by atoms with van der Waals surface area (Å²) in [6.45, 7) is 8.24. The highest BCUT2D eigenvalue weighted by Gasteiger charge is 2.33. The van der Waals surface area contributed by atoms with Crippen LogP contribution >= 0.6 is 0 Å². The van der Waals surface area contributed by atoms with Gasteiger partial charge in [0.25, 0.3) is 5.91 Å². The molecule has 19 heavy (non-hydrogen) atoms. The first-order valence-electron chi connectivity index (χ1n) is 6.52. The summed E-state index contributed by atoms with van der Waals surface area (Å²) in [6, 6.07) is 5.94. The van der Waals surface area contributed by atoms with Crippen LogP contribution in [0.5, 0.6) is 5.75 Å². The van der Waals surface area contributed by atoms with E-state index < -0.39 is 0 Å². The fourth-order valence-corrected chi connectivity index (χ4v) is 2.08. The maximum absolute atomic E-state index is 11.7. The van der Waals surface area contributed by atoms with Gasteiger partial charge < -0.3 is 14.8 Å². The zero-order chi connectivity index (χ0) is 13.9. The van der Waals surface area contributed by atoms with Crippen LogP contribution in [0.1, 0.15) is 18.1 Å². The Morgan fingerprint density at radius 3 is 2.47 bits per heavy atom. The van der Waals surface area contributed by atoms with E-state index in [1.165, 1.54) is 0 Å². The zero-order valence-electron chi connectivity index (χ0n) is 11.8. The number of nitrogens with one attached hydrogen (secondary N) is 1. The van der Waals surface area contributed by atoms with Crippen molar-refractivity contribution in [2.24, 2.45) is 5.41 Å². The van der Waals surface area contributed by atoms with Crippen molar-refractivity contribution in [2.45, 2.75) is 20.8 Å². The number of carbonyl (C=O) groups is 1. The van der Waals surface area contributed by atoms with Crippen molar-refractivity contribution in [3.63, 3.8) is 0 Å². The van der Waals surface area contributed by atoms with Gasteiger partial charge in [0.05, 0.1) is 13.2 Å².